The average Bonchev–Trinajstić information content (AvgIpc) is 2.96. The minimum Gasteiger partial charge on any atom is -0.320 e. The van der Waals surface area contributed by atoms with E-state index < -0.39 is 0 Å². The molecule has 4 nitrogen and oxygen atoms in total. The predicted octanol–water partition coefficient (Wildman–Crippen LogP) is 1.38. The summed E-state index contributed by atoms with van der Waals surface area (Å²) in [7, 11) is 0. The van der Waals surface area contributed by atoms with Crippen LogP contribution in [0.15, 0.2) is 18.3 Å². The lowest BCUT2D eigenvalue weighted by atomic mass is 10.1. The van der Waals surface area contributed by atoms with Gasteiger partial charge in [0.15, 0.2) is 0 Å². The Morgan fingerprint density at radius 2 is 2.39 bits per heavy atom. The molecule has 1 unspecified atom stereocenters. The average molecular weight is 243 g/mol. The number of anilines is 1. The second-order valence-corrected chi connectivity index (χ2v) is 5.17. The summed E-state index contributed by atoms with van der Waals surface area (Å²) in [5, 5.41) is 2.83. The molecule has 1 aromatic rings. The number of rotatable bonds is 2. The van der Waals surface area contributed by atoms with Crippen LogP contribution in [0.2, 0.25) is 0 Å². The molecule has 1 amide bonds. The van der Waals surface area contributed by atoms with Crippen LogP contribution in [0.3, 0.4) is 0 Å². The lowest BCUT2D eigenvalue weighted by molar-refractivity contribution is -0.118. The van der Waals surface area contributed by atoms with Gasteiger partial charge < -0.3 is 11.1 Å². The van der Waals surface area contributed by atoms with E-state index in [1.54, 1.807) is 18.3 Å². The van der Waals surface area contributed by atoms with E-state index in [-0.39, 0.29) is 17.2 Å². The van der Waals surface area contributed by atoms with E-state index in [0.717, 1.165) is 12.0 Å². The summed E-state index contributed by atoms with van der Waals surface area (Å²) in [6, 6.07) is 3.55. The maximum atomic E-state index is 11.9. The van der Waals surface area contributed by atoms with Gasteiger partial charge in [-0.05, 0) is 24.0 Å². The molecule has 1 aromatic heterocycles. The lowest BCUT2D eigenvalue weighted by Gasteiger charge is -2.05. The summed E-state index contributed by atoms with van der Waals surface area (Å²) in [6.07, 6.45) is 2.57. The zero-order valence-corrected chi connectivity index (χ0v) is 10.7. The van der Waals surface area contributed by atoms with Crippen molar-refractivity contribution >= 4 is 11.7 Å². The Bertz CT molecular complexity index is 525. The number of aromatic nitrogens is 1. The van der Waals surface area contributed by atoms with Gasteiger partial charge in [0.1, 0.15) is 5.82 Å². The van der Waals surface area contributed by atoms with E-state index >= 15 is 0 Å². The molecule has 1 fully saturated rings. The molecule has 0 aromatic carbocycles. The van der Waals surface area contributed by atoms with Gasteiger partial charge in [-0.2, -0.15) is 0 Å². The first kappa shape index (κ1) is 12.6. The Labute approximate surface area is 107 Å². The van der Waals surface area contributed by atoms with Gasteiger partial charge in [0, 0.05) is 17.7 Å². The fourth-order valence-corrected chi connectivity index (χ4v) is 1.86. The van der Waals surface area contributed by atoms with Gasteiger partial charge in [-0.1, -0.05) is 25.7 Å². The van der Waals surface area contributed by atoms with Gasteiger partial charge in [0.25, 0.3) is 0 Å². The number of carbonyl (C=O) groups is 1. The van der Waals surface area contributed by atoms with Crippen molar-refractivity contribution in [3.8, 4) is 11.8 Å². The number of carbonyl (C=O) groups excluding carboxylic acids is 1. The highest BCUT2D eigenvalue weighted by Gasteiger charge is 2.50. The summed E-state index contributed by atoms with van der Waals surface area (Å²) in [4.78, 5) is 16.0. The van der Waals surface area contributed by atoms with Crippen molar-refractivity contribution < 1.29 is 4.79 Å². The number of nitrogens with zero attached hydrogens (tertiary/aromatic N) is 1. The van der Waals surface area contributed by atoms with E-state index in [9.17, 15) is 4.79 Å². The van der Waals surface area contributed by atoms with Crippen molar-refractivity contribution in [2.45, 2.75) is 20.3 Å². The standard InChI is InChI=1S/C14H17N3O/c1-14(2)9-11(14)13(18)17-12-8-10(4-3-6-15)5-7-16-12/h5,7-8,11H,6,9,15H2,1-2H3,(H,16,17,18). The molecular weight excluding hydrogens is 226 g/mol. The molecule has 2 rings (SSSR count). The van der Waals surface area contributed by atoms with E-state index in [4.69, 9.17) is 5.73 Å². The minimum atomic E-state index is 0.0384. The molecule has 4 heteroatoms. The quantitative estimate of drug-likeness (QED) is 0.771. The van der Waals surface area contributed by atoms with Crippen LogP contribution < -0.4 is 11.1 Å². The predicted molar refractivity (Wildman–Crippen MR) is 70.7 cm³/mol. The molecule has 0 spiro atoms. The van der Waals surface area contributed by atoms with Crippen LogP contribution in [0, 0.1) is 23.2 Å². The monoisotopic (exact) mass is 243 g/mol. The normalized spacial score (nSPS) is 19.6. The zero-order chi connectivity index (χ0) is 13.2. The fraction of sp³-hybridized carbons (Fsp3) is 0.429. The molecule has 0 radical (unpaired) electrons. The highest BCUT2D eigenvalue weighted by atomic mass is 16.2. The first-order chi connectivity index (χ1) is 8.53. The maximum Gasteiger partial charge on any atom is 0.229 e. The smallest absolute Gasteiger partial charge is 0.229 e. The number of hydrogen-bond acceptors (Lipinski definition) is 3. The van der Waals surface area contributed by atoms with Crippen LogP contribution in [0.25, 0.3) is 0 Å². The number of nitrogens with two attached hydrogens (primary N) is 1. The summed E-state index contributed by atoms with van der Waals surface area (Å²) in [5.74, 6) is 6.36. The molecule has 1 atom stereocenters. The van der Waals surface area contributed by atoms with E-state index in [0.29, 0.717) is 12.4 Å². The van der Waals surface area contributed by atoms with Gasteiger partial charge in [-0.25, -0.2) is 4.98 Å². The molecule has 0 saturated heterocycles. The third-order valence-electron chi connectivity index (χ3n) is 3.18. The van der Waals surface area contributed by atoms with E-state index in [1.165, 1.54) is 0 Å². The molecule has 3 N–H and O–H groups in total. The summed E-state index contributed by atoms with van der Waals surface area (Å²) in [6.45, 7) is 4.50. The Morgan fingerprint density at radius 3 is 3.00 bits per heavy atom. The van der Waals surface area contributed by atoms with Gasteiger partial charge >= 0.3 is 0 Å². The summed E-state index contributed by atoms with van der Waals surface area (Å²) in [5.41, 5.74) is 6.25. The van der Waals surface area contributed by atoms with Gasteiger partial charge in [-0.3, -0.25) is 4.79 Å². The van der Waals surface area contributed by atoms with Crippen LogP contribution in [-0.2, 0) is 4.79 Å². The van der Waals surface area contributed by atoms with Gasteiger partial charge in [0.05, 0.1) is 6.54 Å². The van der Waals surface area contributed by atoms with E-state index in [1.807, 2.05) is 0 Å². The molecule has 1 aliphatic rings. The van der Waals surface area contributed by atoms with Crippen molar-refractivity contribution in [2.24, 2.45) is 17.1 Å². The first-order valence-electron chi connectivity index (χ1n) is 5.99. The van der Waals surface area contributed by atoms with Crippen LogP contribution in [0.4, 0.5) is 5.82 Å². The third kappa shape index (κ3) is 2.88. The van der Waals surface area contributed by atoms with E-state index in [2.05, 4.69) is 36.0 Å². The van der Waals surface area contributed by atoms with Gasteiger partial charge in [-0.15, -0.1) is 0 Å². The van der Waals surface area contributed by atoms with Crippen LogP contribution in [-0.4, -0.2) is 17.4 Å². The van der Waals surface area contributed by atoms with Crippen LogP contribution in [0.1, 0.15) is 25.8 Å². The topological polar surface area (TPSA) is 68.0 Å². The van der Waals surface area contributed by atoms with Crippen molar-refractivity contribution in [1.29, 1.82) is 0 Å². The largest absolute Gasteiger partial charge is 0.320 e. The third-order valence-corrected chi connectivity index (χ3v) is 3.18. The number of hydrogen-bond donors (Lipinski definition) is 2. The Kier molecular flexibility index (Phi) is 3.35. The highest BCUT2D eigenvalue weighted by molar-refractivity contribution is 5.94. The Balaban J connectivity index is 2.04. The molecular formula is C14H17N3O. The number of pyridine rings is 1. The minimum absolute atomic E-state index is 0.0384. The molecule has 1 saturated carbocycles. The fourth-order valence-electron chi connectivity index (χ4n) is 1.86. The van der Waals surface area contributed by atoms with Crippen LogP contribution in [0.5, 0.6) is 0 Å². The van der Waals surface area contributed by atoms with Gasteiger partial charge in [0.2, 0.25) is 5.91 Å². The second-order valence-electron chi connectivity index (χ2n) is 5.17. The molecule has 94 valence electrons. The molecule has 0 aliphatic heterocycles. The first-order valence-corrected chi connectivity index (χ1v) is 5.99. The van der Waals surface area contributed by atoms with Crippen LogP contribution >= 0.6 is 0 Å². The number of nitrogens with one attached hydrogen (secondary N) is 1. The maximum absolute atomic E-state index is 11.9. The van der Waals surface area contributed by atoms with Crippen molar-refractivity contribution in [3.63, 3.8) is 0 Å². The SMILES string of the molecule is CC1(C)CC1C(=O)Nc1cc(C#CCN)ccn1. The lowest BCUT2D eigenvalue weighted by Crippen LogP contribution is -2.17. The molecule has 0 bridgehead atoms. The van der Waals surface area contributed by atoms with Crippen molar-refractivity contribution in [1.82, 2.24) is 4.98 Å². The molecule has 1 heterocycles. The Morgan fingerprint density at radius 1 is 1.67 bits per heavy atom. The summed E-state index contributed by atoms with van der Waals surface area (Å²) >= 11 is 0. The summed E-state index contributed by atoms with van der Waals surface area (Å²) < 4.78 is 0. The molecule has 1 aliphatic carbocycles. The second kappa shape index (κ2) is 4.79. The molecule has 18 heavy (non-hydrogen) atoms. The Hall–Kier alpha value is -1.86. The number of amides is 1. The highest BCUT2D eigenvalue weighted by Crippen LogP contribution is 2.51. The van der Waals surface area contributed by atoms with Crippen molar-refractivity contribution in [2.75, 3.05) is 11.9 Å². The zero-order valence-electron chi connectivity index (χ0n) is 10.7. The van der Waals surface area contributed by atoms with Crippen molar-refractivity contribution in [3.05, 3.63) is 23.9 Å².